The molecule has 0 N–H and O–H groups in total. The number of nitrogens with zero attached hydrogens (tertiary/aromatic N) is 4. The molecule has 0 bridgehead atoms. The van der Waals surface area contributed by atoms with Crippen molar-refractivity contribution in [1.82, 2.24) is 19.0 Å². The zero-order chi connectivity index (χ0) is 29.0. The Hall–Kier alpha value is -3.26. The molecule has 8 heteroatoms. The lowest BCUT2D eigenvalue weighted by Gasteiger charge is -2.26. The maximum Gasteiger partial charge on any atom is 0.410 e. The lowest BCUT2D eigenvalue weighted by molar-refractivity contribution is 0.0252. The van der Waals surface area contributed by atoms with E-state index >= 15 is 0 Å². The van der Waals surface area contributed by atoms with Crippen molar-refractivity contribution in [3.63, 3.8) is 0 Å². The van der Waals surface area contributed by atoms with E-state index in [0.717, 1.165) is 63.1 Å². The van der Waals surface area contributed by atoms with E-state index in [1.54, 1.807) is 11.3 Å². The quantitative estimate of drug-likeness (QED) is 0.204. The standard InChI is InChI=1S/C33H44N4O3S/c1-6-9-25-23-37(31(34-25)29-22-30-28(35(29)5)17-21-41-30)19-7-10-24-12-14-27(15-13-24)39-26-11-8-18-36(20-16-26)32(38)40-33(2,3)4/h12-15,17,21-23,26H,6-11,16,18-20H2,1-5H3. The monoisotopic (exact) mass is 576 g/mol. The number of carbonyl (C=O) groups is 1. The van der Waals surface area contributed by atoms with Gasteiger partial charge in [-0.2, -0.15) is 0 Å². The first-order chi connectivity index (χ1) is 19.7. The molecule has 1 aliphatic heterocycles. The van der Waals surface area contributed by atoms with E-state index in [4.69, 9.17) is 14.5 Å². The number of benzene rings is 1. The van der Waals surface area contributed by atoms with E-state index in [2.05, 4.69) is 71.1 Å². The fraction of sp³-hybridized carbons (Fsp3) is 0.515. The van der Waals surface area contributed by atoms with Gasteiger partial charge < -0.3 is 23.5 Å². The van der Waals surface area contributed by atoms with Crippen LogP contribution in [0.5, 0.6) is 5.75 Å². The second-order valence-electron chi connectivity index (χ2n) is 12.1. The lowest BCUT2D eigenvalue weighted by Crippen LogP contribution is -2.37. The minimum atomic E-state index is -0.473. The first kappa shape index (κ1) is 29.2. The van der Waals surface area contributed by atoms with Crippen molar-refractivity contribution in [2.75, 3.05) is 13.1 Å². The van der Waals surface area contributed by atoms with Crippen LogP contribution in [0.15, 0.2) is 48.0 Å². The van der Waals surface area contributed by atoms with Crippen LogP contribution in [-0.4, -0.2) is 49.9 Å². The Morgan fingerprint density at radius 1 is 1.10 bits per heavy atom. The normalized spacial score (nSPS) is 16.2. The van der Waals surface area contributed by atoms with Crippen LogP contribution in [0.2, 0.25) is 0 Å². The van der Waals surface area contributed by atoms with Gasteiger partial charge in [0.2, 0.25) is 0 Å². The summed E-state index contributed by atoms with van der Waals surface area (Å²) in [7, 11) is 2.14. The minimum Gasteiger partial charge on any atom is -0.490 e. The van der Waals surface area contributed by atoms with Gasteiger partial charge in [0, 0.05) is 39.3 Å². The summed E-state index contributed by atoms with van der Waals surface area (Å²) in [5.74, 6) is 1.96. The lowest BCUT2D eigenvalue weighted by atomic mass is 10.1. The van der Waals surface area contributed by atoms with Gasteiger partial charge in [0.05, 0.1) is 21.6 Å². The summed E-state index contributed by atoms with van der Waals surface area (Å²) in [6, 6.07) is 13.0. The number of rotatable bonds is 9. The molecule has 0 spiro atoms. The molecule has 1 unspecified atom stereocenters. The van der Waals surface area contributed by atoms with Crippen LogP contribution in [0, 0.1) is 0 Å². The highest BCUT2D eigenvalue weighted by atomic mass is 32.1. The van der Waals surface area contributed by atoms with Crippen molar-refractivity contribution in [3.8, 4) is 17.3 Å². The van der Waals surface area contributed by atoms with E-state index < -0.39 is 5.60 Å². The van der Waals surface area contributed by atoms with E-state index in [1.165, 1.54) is 27.2 Å². The first-order valence-corrected chi connectivity index (χ1v) is 15.9. The molecule has 1 atom stereocenters. The van der Waals surface area contributed by atoms with Gasteiger partial charge >= 0.3 is 6.09 Å². The van der Waals surface area contributed by atoms with Gasteiger partial charge in [-0.25, -0.2) is 9.78 Å². The fourth-order valence-corrected chi connectivity index (χ4v) is 6.41. The first-order valence-electron chi connectivity index (χ1n) is 15.0. The third kappa shape index (κ3) is 7.34. The molecule has 1 fully saturated rings. The fourth-order valence-electron chi connectivity index (χ4n) is 5.56. The molecule has 1 aromatic carbocycles. The maximum atomic E-state index is 12.5. The molecular weight excluding hydrogens is 532 g/mol. The smallest absolute Gasteiger partial charge is 0.410 e. The molecule has 3 aromatic heterocycles. The molecule has 0 radical (unpaired) electrons. The number of amides is 1. The summed E-state index contributed by atoms with van der Waals surface area (Å²) in [5.41, 5.74) is 4.45. The Bertz CT molecular complexity index is 1440. The summed E-state index contributed by atoms with van der Waals surface area (Å²) >= 11 is 1.78. The number of hydrogen-bond donors (Lipinski definition) is 0. The number of likely N-dealkylation sites (tertiary alicyclic amines) is 1. The third-order valence-corrected chi connectivity index (χ3v) is 8.50. The Morgan fingerprint density at radius 3 is 2.63 bits per heavy atom. The summed E-state index contributed by atoms with van der Waals surface area (Å²) in [6.45, 7) is 10.2. The molecule has 4 aromatic rings. The Kier molecular flexibility index (Phi) is 9.07. The minimum absolute atomic E-state index is 0.109. The maximum absolute atomic E-state index is 12.5. The molecular formula is C33H44N4O3S. The second kappa shape index (κ2) is 12.7. The Balaban J connectivity index is 1.15. The molecule has 4 heterocycles. The van der Waals surface area contributed by atoms with Crippen LogP contribution in [0.3, 0.4) is 0 Å². The van der Waals surface area contributed by atoms with Crippen molar-refractivity contribution < 1.29 is 14.3 Å². The number of ether oxygens (including phenoxy) is 2. The van der Waals surface area contributed by atoms with Crippen LogP contribution in [0.1, 0.15) is 71.1 Å². The van der Waals surface area contributed by atoms with Gasteiger partial charge in [-0.15, -0.1) is 11.3 Å². The van der Waals surface area contributed by atoms with Crippen LogP contribution in [0.4, 0.5) is 4.79 Å². The van der Waals surface area contributed by atoms with Crippen molar-refractivity contribution in [3.05, 3.63) is 59.2 Å². The number of thiophene rings is 1. The summed E-state index contributed by atoms with van der Waals surface area (Å²) in [5, 5.41) is 2.15. The molecule has 1 saturated heterocycles. The highest BCUT2D eigenvalue weighted by Crippen LogP contribution is 2.31. The molecule has 220 valence electrons. The van der Waals surface area contributed by atoms with Gasteiger partial charge in [0.15, 0.2) is 5.82 Å². The van der Waals surface area contributed by atoms with Crippen molar-refractivity contribution in [2.24, 2.45) is 7.05 Å². The number of hydrogen-bond acceptors (Lipinski definition) is 5. The highest BCUT2D eigenvalue weighted by Gasteiger charge is 2.26. The van der Waals surface area contributed by atoms with Gasteiger partial charge in [0.25, 0.3) is 0 Å². The highest BCUT2D eigenvalue weighted by molar-refractivity contribution is 7.17. The summed E-state index contributed by atoms with van der Waals surface area (Å²) in [4.78, 5) is 19.3. The Labute approximate surface area is 248 Å². The van der Waals surface area contributed by atoms with Crippen LogP contribution < -0.4 is 4.74 Å². The van der Waals surface area contributed by atoms with Crippen LogP contribution >= 0.6 is 11.3 Å². The number of carbonyl (C=O) groups excluding carboxylic acids is 1. The van der Waals surface area contributed by atoms with Crippen LogP contribution in [-0.2, 0) is 31.2 Å². The SMILES string of the molecule is CCCc1cn(CCCc2ccc(OC3CCCN(C(=O)OC(C)(C)C)CC3)cc2)c(-c2cc3sccc3n2C)n1. The van der Waals surface area contributed by atoms with Gasteiger partial charge in [-0.05, 0) is 88.1 Å². The number of aryl methyl sites for hydroxylation is 4. The average molecular weight is 577 g/mol. The molecule has 0 saturated carbocycles. The molecule has 1 aliphatic rings. The largest absolute Gasteiger partial charge is 0.490 e. The number of aromatic nitrogens is 3. The van der Waals surface area contributed by atoms with E-state index in [-0.39, 0.29) is 12.2 Å². The predicted octanol–water partition coefficient (Wildman–Crippen LogP) is 7.86. The van der Waals surface area contributed by atoms with E-state index in [9.17, 15) is 4.79 Å². The van der Waals surface area contributed by atoms with Crippen molar-refractivity contribution >= 4 is 27.6 Å². The summed E-state index contributed by atoms with van der Waals surface area (Å²) in [6.07, 6.45) is 8.92. The van der Waals surface area contributed by atoms with E-state index in [1.807, 2.05) is 25.7 Å². The molecule has 41 heavy (non-hydrogen) atoms. The third-order valence-electron chi connectivity index (χ3n) is 7.64. The average Bonchev–Trinajstić information content (AvgIpc) is 3.57. The zero-order valence-electron chi connectivity index (χ0n) is 25.2. The van der Waals surface area contributed by atoms with Crippen molar-refractivity contribution in [1.29, 1.82) is 0 Å². The number of imidazole rings is 1. The van der Waals surface area contributed by atoms with Crippen LogP contribution in [0.25, 0.3) is 21.7 Å². The van der Waals surface area contributed by atoms with Gasteiger partial charge in [-0.3, -0.25) is 0 Å². The van der Waals surface area contributed by atoms with Crippen molar-refractivity contribution in [2.45, 2.75) is 90.9 Å². The number of fused-ring (bicyclic) bond motifs is 1. The van der Waals surface area contributed by atoms with Gasteiger partial charge in [-0.1, -0.05) is 25.5 Å². The summed E-state index contributed by atoms with van der Waals surface area (Å²) < 4.78 is 17.8. The second-order valence-corrected chi connectivity index (χ2v) is 13.1. The topological polar surface area (TPSA) is 61.5 Å². The predicted molar refractivity (Wildman–Crippen MR) is 167 cm³/mol. The molecule has 1 amide bonds. The molecule has 5 rings (SSSR count). The van der Waals surface area contributed by atoms with Gasteiger partial charge in [0.1, 0.15) is 17.5 Å². The molecule has 0 aliphatic carbocycles. The molecule has 7 nitrogen and oxygen atoms in total. The zero-order valence-corrected chi connectivity index (χ0v) is 26.0. The Morgan fingerprint density at radius 2 is 1.90 bits per heavy atom. The van der Waals surface area contributed by atoms with E-state index in [0.29, 0.717) is 13.1 Å².